The molecule has 140 valence electrons. The minimum Gasteiger partial charge on any atom is -0.458 e. The molecule has 3 nitrogen and oxygen atoms in total. The summed E-state index contributed by atoms with van der Waals surface area (Å²) in [6, 6.07) is 21.2. The zero-order valence-electron chi connectivity index (χ0n) is 16.2. The van der Waals surface area contributed by atoms with Crippen LogP contribution in [0.5, 0.6) is 0 Å². The first-order chi connectivity index (χ1) is 13.2. The Hall–Kier alpha value is -2.86. The molecule has 0 N–H and O–H groups in total. The molecule has 0 fully saturated rings. The lowest BCUT2D eigenvalue weighted by Gasteiger charge is -2.17. The summed E-state index contributed by atoms with van der Waals surface area (Å²) in [6.07, 6.45) is 4.70. The molecule has 0 saturated heterocycles. The van der Waals surface area contributed by atoms with Crippen LogP contribution in [-0.2, 0) is 9.53 Å². The molecular weight excluding hydrogens is 334 g/mol. The molecule has 27 heavy (non-hydrogen) atoms. The van der Waals surface area contributed by atoms with Crippen LogP contribution < -0.4 is 0 Å². The summed E-state index contributed by atoms with van der Waals surface area (Å²) in [4.78, 5) is 12.9. The number of hydrogen-bond acceptors (Lipinski definition) is 3. The van der Waals surface area contributed by atoms with E-state index in [1.807, 2.05) is 67.6 Å². The van der Waals surface area contributed by atoms with Crippen LogP contribution in [-0.4, -0.2) is 12.1 Å². The fourth-order valence-electron chi connectivity index (χ4n) is 3.05. The van der Waals surface area contributed by atoms with E-state index in [0.29, 0.717) is 5.57 Å². The van der Waals surface area contributed by atoms with Gasteiger partial charge in [-0.25, -0.2) is 4.79 Å². The first kappa shape index (κ1) is 20.5. The number of carbonyl (C=O) groups is 1. The maximum Gasteiger partial charge on any atom is 0.349 e. The summed E-state index contributed by atoms with van der Waals surface area (Å²) in [6.45, 7) is 4.16. The lowest BCUT2D eigenvalue weighted by Crippen LogP contribution is -2.19. The van der Waals surface area contributed by atoms with Gasteiger partial charge < -0.3 is 4.74 Å². The molecule has 0 aliphatic carbocycles. The Morgan fingerprint density at radius 2 is 1.52 bits per heavy atom. The molecule has 3 heteroatoms. The minimum absolute atomic E-state index is 0.0568. The van der Waals surface area contributed by atoms with Gasteiger partial charge in [0.2, 0.25) is 0 Å². The summed E-state index contributed by atoms with van der Waals surface area (Å²) >= 11 is 0. The first-order valence-electron chi connectivity index (χ1n) is 9.67. The highest BCUT2D eigenvalue weighted by molar-refractivity contribution is 6.05. The van der Waals surface area contributed by atoms with Crippen molar-refractivity contribution in [3.8, 4) is 6.07 Å². The Morgan fingerprint density at radius 1 is 0.963 bits per heavy atom. The van der Waals surface area contributed by atoms with E-state index in [4.69, 9.17) is 4.74 Å². The van der Waals surface area contributed by atoms with Gasteiger partial charge in [-0.2, -0.15) is 5.26 Å². The quantitative estimate of drug-likeness (QED) is 0.241. The summed E-state index contributed by atoms with van der Waals surface area (Å²) in [5.74, 6) is -0.538. The first-order valence-corrected chi connectivity index (χ1v) is 9.67. The number of ether oxygens (including phenoxy) is 1. The SMILES string of the molecule is CCCCCC(CC)OC(=O)C(C#N)=C(c1ccccc1)c1ccccc1. The molecule has 2 aromatic rings. The average Bonchev–Trinajstić information content (AvgIpc) is 2.72. The van der Waals surface area contributed by atoms with Crippen LogP contribution in [0.15, 0.2) is 66.2 Å². The predicted octanol–water partition coefficient (Wildman–Crippen LogP) is 5.91. The van der Waals surface area contributed by atoms with E-state index in [2.05, 4.69) is 13.0 Å². The smallest absolute Gasteiger partial charge is 0.349 e. The fourth-order valence-corrected chi connectivity index (χ4v) is 3.05. The summed E-state index contributed by atoms with van der Waals surface area (Å²) in [5.41, 5.74) is 2.33. The van der Waals surface area contributed by atoms with Crippen molar-refractivity contribution >= 4 is 11.5 Å². The molecule has 0 aliphatic rings. The topological polar surface area (TPSA) is 50.1 Å². The number of carbonyl (C=O) groups excluding carboxylic acids is 1. The van der Waals surface area contributed by atoms with Crippen LogP contribution in [0.2, 0.25) is 0 Å². The van der Waals surface area contributed by atoms with E-state index >= 15 is 0 Å². The van der Waals surface area contributed by atoms with Crippen LogP contribution in [0.25, 0.3) is 5.57 Å². The minimum atomic E-state index is -0.538. The second-order valence-corrected chi connectivity index (χ2v) is 6.53. The van der Waals surface area contributed by atoms with Gasteiger partial charge in [0, 0.05) is 5.57 Å². The molecule has 0 bridgehead atoms. The highest BCUT2D eigenvalue weighted by atomic mass is 16.5. The normalized spacial score (nSPS) is 11.3. The molecule has 0 aromatic heterocycles. The molecule has 0 aliphatic heterocycles. The molecule has 1 unspecified atom stereocenters. The van der Waals surface area contributed by atoms with Crippen molar-refractivity contribution in [3.63, 3.8) is 0 Å². The molecule has 0 saturated carbocycles. The maximum absolute atomic E-state index is 12.9. The number of unbranched alkanes of at least 4 members (excludes halogenated alkanes) is 2. The Morgan fingerprint density at radius 3 is 1.96 bits per heavy atom. The number of nitrogens with zero attached hydrogens (tertiary/aromatic N) is 1. The van der Waals surface area contributed by atoms with Gasteiger partial charge in [-0.1, -0.05) is 87.4 Å². The molecular formula is C24H27NO2. The monoisotopic (exact) mass is 361 g/mol. The van der Waals surface area contributed by atoms with Crippen molar-refractivity contribution in [3.05, 3.63) is 77.4 Å². The Kier molecular flexibility index (Phi) is 8.32. The van der Waals surface area contributed by atoms with Gasteiger partial charge in [0.15, 0.2) is 0 Å². The average molecular weight is 361 g/mol. The van der Waals surface area contributed by atoms with E-state index in [1.54, 1.807) is 0 Å². The second kappa shape index (κ2) is 11.0. The predicted molar refractivity (Wildman–Crippen MR) is 109 cm³/mol. The Balaban J connectivity index is 2.38. The summed E-state index contributed by atoms with van der Waals surface area (Å²) in [7, 11) is 0. The highest BCUT2D eigenvalue weighted by Gasteiger charge is 2.22. The van der Waals surface area contributed by atoms with Gasteiger partial charge in [-0.3, -0.25) is 0 Å². The van der Waals surface area contributed by atoms with Gasteiger partial charge in [-0.05, 0) is 30.4 Å². The summed E-state index contributed by atoms with van der Waals surface area (Å²) < 4.78 is 5.70. The second-order valence-electron chi connectivity index (χ2n) is 6.53. The van der Waals surface area contributed by atoms with Crippen molar-refractivity contribution in [2.24, 2.45) is 0 Å². The zero-order valence-corrected chi connectivity index (χ0v) is 16.2. The van der Waals surface area contributed by atoms with Gasteiger partial charge >= 0.3 is 5.97 Å². The number of benzene rings is 2. The van der Waals surface area contributed by atoms with Crippen molar-refractivity contribution in [1.29, 1.82) is 5.26 Å². The van der Waals surface area contributed by atoms with Crippen molar-refractivity contribution in [2.75, 3.05) is 0 Å². The van der Waals surface area contributed by atoms with Gasteiger partial charge in [0.05, 0.1) is 0 Å². The molecule has 0 spiro atoms. The van der Waals surface area contributed by atoms with E-state index < -0.39 is 5.97 Å². The molecule has 2 aromatic carbocycles. The number of nitriles is 1. The van der Waals surface area contributed by atoms with Gasteiger partial charge in [0.25, 0.3) is 0 Å². The van der Waals surface area contributed by atoms with E-state index in [1.165, 1.54) is 0 Å². The lowest BCUT2D eigenvalue weighted by atomic mass is 9.93. The van der Waals surface area contributed by atoms with Crippen LogP contribution in [0.4, 0.5) is 0 Å². The summed E-state index contributed by atoms with van der Waals surface area (Å²) in [5, 5.41) is 9.78. The molecule has 2 rings (SSSR count). The number of esters is 1. The van der Waals surface area contributed by atoms with Crippen molar-refractivity contribution in [1.82, 2.24) is 0 Å². The van der Waals surface area contributed by atoms with E-state index in [0.717, 1.165) is 43.2 Å². The highest BCUT2D eigenvalue weighted by Crippen LogP contribution is 2.28. The third-order valence-corrected chi connectivity index (χ3v) is 4.55. The van der Waals surface area contributed by atoms with Gasteiger partial charge in [-0.15, -0.1) is 0 Å². The van der Waals surface area contributed by atoms with Crippen LogP contribution in [0, 0.1) is 11.3 Å². The van der Waals surface area contributed by atoms with Crippen molar-refractivity contribution in [2.45, 2.75) is 52.1 Å². The zero-order chi connectivity index (χ0) is 19.5. The van der Waals surface area contributed by atoms with Crippen LogP contribution >= 0.6 is 0 Å². The molecule has 0 heterocycles. The number of rotatable bonds is 9. The molecule has 0 amide bonds. The molecule has 1 atom stereocenters. The largest absolute Gasteiger partial charge is 0.458 e. The fraction of sp³-hybridized carbons (Fsp3) is 0.333. The van der Waals surface area contributed by atoms with Crippen molar-refractivity contribution < 1.29 is 9.53 Å². The molecule has 0 radical (unpaired) electrons. The van der Waals surface area contributed by atoms with E-state index in [9.17, 15) is 10.1 Å². The maximum atomic E-state index is 12.9. The van der Waals surface area contributed by atoms with Crippen LogP contribution in [0.1, 0.15) is 57.1 Å². The number of hydrogen-bond donors (Lipinski definition) is 0. The third kappa shape index (κ3) is 5.82. The third-order valence-electron chi connectivity index (χ3n) is 4.55. The van der Waals surface area contributed by atoms with E-state index in [-0.39, 0.29) is 11.7 Å². The lowest BCUT2D eigenvalue weighted by molar-refractivity contribution is -0.144. The Bertz CT molecular complexity index is 747. The Labute approximate surface area is 162 Å². The van der Waals surface area contributed by atoms with Gasteiger partial charge in [0.1, 0.15) is 17.7 Å². The van der Waals surface area contributed by atoms with Crippen LogP contribution in [0.3, 0.4) is 0 Å². The standard InChI is InChI=1S/C24H27NO2/c1-3-5-8-17-21(4-2)27-24(26)22(18-25)23(19-13-9-6-10-14-19)20-15-11-7-12-16-20/h6-7,9-16,21H,3-5,8,17H2,1-2H3.